The number of likely N-dealkylation sites (N-methyl/N-ethyl adjacent to an activating group) is 1. The topological polar surface area (TPSA) is 110 Å². The van der Waals surface area contributed by atoms with E-state index < -0.39 is 23.4 Å². The number of hydrazone groups is 1. The Morgan fingerprint density at radius 2 is 2.09 bits per heavy atom. The fraction of sp³-hybridized carbons (Fsp3) is 0.273. The number of ether oxygens (including phenoxy) is 3. The van der Waals surface area contributed by atoms with Crippen LogP contribution in [-0.4, -0.2) is 61.7 Å². The van der Waals surface area contributed by atoms with Crippen LogP contribution in [0.3, 0.4) is 0 Å². The molecule has 2 aromatic rings. The van der Waals surface area contributed by atoms with Crippen LogP contribution < -0.4 is 15.0 Å². The van der Waals surface area contributed by atoms with Crippen LogP contribution in [-0.2, 0) is 25.5 Å². The van der Waals surface area contributed by atoms with Gasteiger partial charge in [-0.15, -0.1) is 0 Å². The van der Waals surface area contributed by atoms with E-state index in [-0.39, 0.29) is 42.8 Å². The third-order valence-electron chi connectivity index (χ3n) is 5.92. The number of anilines is 2. The van der Waals surface area contributed by atoms with Gasteiger partial charge in [0.15, 0.2) is 12.4 Å². The van der Waals surface area contributed by atoms with Crippen molar-refractivity contribution < 1.29 is 33.0 Å². The zero-order valence-corrected chi connectivity index (χ0v) is 18.8. The lowest BCUT2D eigenvalue weighted by molar-refractivity contribution is -0.165. The molecule has 1 unspecified atom stereocenters. The van der Waals surface area contributed by atoms with Crippen molar-refractivity contribution in [2.45, 2.75) is 12.0 Å². The Bertz CT molecular complexity index is 1280. The highest BCUT2D eigenvalue weighted by Gasteiger charge is 2.55. The summed E-state index contributed by atoms with van der Waals surface area (Å²) in [6.45, 7) is -0.591. The van der Waals surface area contributed by atoms with Crippen molar-refractivity contribution in [3.05, 3.63) is 52.3 Å². The standard InChI is InChI=1S/C22H18ClFN4O6/c1-27-16-7-15(14(24)6-17(16)33-9-18(27)29)25-21(31)28-10-34-22(20(30)32-2)8-11-5-12(23)3-4-13(11)19(22)26-28/h3-7H,8-10H2,1-2H3,(H,25,31). The first kappa shape index (κ1) is 22.1. The number of halogens is 2. The Labute approximate surface area is 197 Å². The van der Waals surface area contributed by atoms with Gasteiger partial charge in [0.1, 0.15) is 18.2 Å². The number of methoxy groups -OCH3 is 1. The summed E-state index contributed by atoms with van der Waals surface area (Å²) < 4.78 is 30.7. The Kier molecular flexibility index (Phi) is 5.18. The normalized spacial score (nSPS) is 20.6. The number of rotatable bonds is 2. The minimum atomic E-state index is -1.52. The van der Waals surface area contributed by atoms with Gasteiger partial charge in [-0.3, -0.25) is 4.79 Å². The van der Waals surface area contributed by atoms with Crippen LogP contribution >= 0.6 is 11.6 Å². The van der Waals surface area contributed by atoms with Gasteiger partial charge in [-0.1, -0.05) is 17.7 Å². The molecule has 0 saturated heterocycles. The first-order chi connectivity index (χ1) is 16.2. The van der Waals surface area contributed by atoms with Gasteiger partial charge in [0.25, 0.3) is 5.91 Å². The number of hydrogen-bond acceptors (Lipinski definition) is 7. The molecule has 1 atom stereocenters. The molecule has 10 nitrogen and oxygen atoms in total. The molecule has 0 saturated carbocycles. The van der Waals surface area contributed by atoms with Gasteiger partial charge in [-0.05, 0) is 23.8 Å². The van der Waals surface area contributed by atoms with Gasteiger partial charge in [0.05, 0.1) is 18.5 Å². The summed E-state index contributed by atoms with van der Waals surface area (Å²) in [5, 5.41) is 8.19. The number of nitrogens with zero attached hydrogens (tertiary/aromatic N) is 3. The molecule has 176 valence electrons. The van der Waals surface area contributed by atoms with Gasteiger partial charge < -0.3 is 24.4 Å². The average molecular weight is 489 g/mol. The van der Waals surface area contributed by atoms with E-state index in [0.29, 0.717) is 21.8 Å². The molecule has 0 fully saturated rings. The zero-order chi connectivity index (χ0) is 24.2. The minimum Gasteiger partial charge on any atom is -0.481 e. The third kappa shape index (κ3) is 3.35. The summed E-state index contributed by atoms with van der Waals surface area (Å²) in [5.74, 6) is -1.55. The molecular weight excluding hydrogens is 471 g/mol. The Morgan fingerprint density at radius 3 is 2.85 bits per heavy atom. The van der Waals surface area contributed by atoms with Crippen LogP contribution in [0.15, 0.2) is 35.4 Å². The highest BCUT2D eigenvalue weighted by molar-refractivity contribution is 6.31. The molecule has 2 heterocycles. The second-order valence-corrected chi connectivity index (χ2v) is 8.33. The van der Waals surface area contributed by atoms with Gasteiger partial charge in [-0.25, -0.2) is 14.0 Å². The van der Waals surface area contributed by atoms with Crippen molar-refractivity contribution in [2.75, 3.05) is 37.7 Å². The second kappa shape index (κ2) is 7.96. The predicted octanol–water partition coefficient (Wildman–Crippen LogP) is 2.53. The van der Waals surface area contributed by atoms with Crippen LogP contribution in [0.1, 0.15) is 11.1 Å². The first-order valence-electron chi connectivity index (χ1n) is 10.1. The van der Waals surface area contributed by atoms with E-state index >= 15 is 0 Å². The Balaban J connectivity index is 1.47. The van der Waals surface area contributed by atoms with Gasteiger partial charge in [-0.2, -0.15) is 10.1 Å². The Hall–Kier alpha value is -3.70. The number of carbonyl (C=O) groups is 3. The number of nitrogens with one attached hydrogen (secondary N) is 1. The van der Waals surface area contributed by atoms with E-state index in [0.717, 1.165) is 11.1 Å². The molecule has 0 spiro atoms. The van der Waals surface area contributed by atoms with Crippen LogP contribution in [0.5, 0.6) is 5.75 Å². The number of fused-ring (bicyclic) bond motifs is 4. The largest absolute Gasteiger partial charge is 0.481 e. The fourth-order valence-corrected chi connectivity index (χ4v) is 4.34. The second-order valence-electron chi connectivity index (χ2n) is 7.89. The van der Waals surface area contributed by atoms with Crippen LogP contribution in [0, 0.1) is 5.82 Å². The lowest BCUT2D eigenvalue weighted by atomic mass is 9.97. The predicted molar refractivity (Wildman–Crippen MR) is 119 cm³/mol. The number of esters is 1. The van der Waals surface area contributed by atoms with Crippen molar-refractivity contribution in [3.63, 3.8) is 0 Å². The molecule has 12 heteroatoms. The van der Waals surface area contributed by atoms with Crippen molar-refractivity contribution >= 4 is 46.6 Å². The maximum Gasteiger partial charge on any atom is 0.345 e. The van der Waals surface area contributed by atoms with Crippen LogP contribution in [0.4, 0.5) is 20.6 Å². The molecule has 34 heavy (non-hydrogen) atoms. The van der Waals surface area contributed by atoms with E-state index in [2.05, 4.69) is 10.4 Å². The zero-order valence-electron chi connectivity index (χ0n) is 18.1. The van der Waals surface area contributed by atoms with Crippen molar-refractivity contribution in [1.82, 2.24) is 5.01 Å². The molecule has 1 aliphatic carbocycles. The van der Waals surface area contributed by atoms with E-state index in [1.165, 1.54) is 25.1 Å². The fourth-order valence-electron chi connectivity index (χ4n) is 4.15. The molecular formula is C22H18ClFN4O6. The van der Waals surface area contributed by atoms with E-state index in [1.807, 2.05) is 0 Å². The third-order valence-corrected chi connectivity index (χ3v) is 6.16. The highest BCUT2D eigenvalue weighted by atomic mass is 35.5. The summed E-state index contributed by atoms with van der Waals surface area (Å²) in [7, 11) is 2.76. The summed E-state index contributed by atoms with van der Waals surface area (Å²) in [4.78, 5) is 38.8. The minimum absolute atomic E-state index is 0.143. The van der Waals surface area contributed by atoms with Crippen molar-refractivity contribution in [3.8, 4) is 5.75 Å². The van der Waals surface area contributed by atoms with E-state index in [9.17, 15) is 18.8 Å². The van der Waals surface area contributed by atoms with Gasteiger partial charge in [0.2, 0.25) is 5.60 Å². The summed E-state index contributed by atoms with van der Waals surface area (Å²) in [6.07, 6.45) is 0.143. The lowest BCUT2D eigenvalue weighted by Gasteiger charge is -2.34. The molecule has 0 radical (unpaired) electrons. The highest BCUT2D eigenvalue weighted by Crippen LogP contribution is 2.39. The maximum atomic E-state index is 14.6. The number of benzene rings is 2. The number of urea groups is 1. The monoisotopic (exact) mass is 488 g/mol. The first-order valence-corrected chi connectivity index (χ1v) is 10.5. The molecule has 0 bridgehead atoms. The van der Waals surface area contributed by atoms with Gasteiger partial charge >= 0.3 is 12.0 Å². The molecule has 3 aliphatic rings. The summed E-state index contributed by atoms with van der Waals surface area (Å²) in [5.41, 5.74) is 0.0997. The van der Waals surface area contributed by atoms with Crippen LogP contribution in [0.2, 0.25) is 5.02 Å². The number of carbonyl (C=O) groups excluding carboxylic acids is 3. The SMILES string of the molecule is COC(=O)C12Cc3cc(Cl)ccc3C1=NN(C(=O)Nc1cc3c(cc1F)OCC(=O)N3C)CO2. The van der Waals surface area contributed by atoms with E-state index in [4.69, 9.17) is 25.8 Å². The number of hydrogen-bond donors (Lipinski definition) is 1. The molecule has 0 aromatic heterocycles. The molecule has 5 rings (SSSR count). The molecule has 2 aliphatic heterocycles. The van der Waals surface area contributed by atoms with E-state index in [1.54, 1.807) is 18.2 Å². The smallest absolute Gasteiger partial charge is 0.345 e. The summed E-state index contributed by atoms with van der Waals surface area (Å²) in [6, 6.07) is 6.59. The maximum absolute atomic E-state index is 14.6. The molecule has 3 amide bonds. The van der Waals surface area contributed by atoms with Gasteiger partial charge in [0, 0.05) is 30.1 Å². The number of amides is 3. The quantitative estimate of drug-likeness (QED) is 0.650. The Morgan fingerprint density at radius 1 is 1.29 bits per heavy atom. The van der Waals surface area contributed by atoms with Crippen molar-refractivity contribution in [2.24, 2.45) is 5.10 Å². The van der Waals surface area contributed by atoms with Crippen molar-refractivity contribution in [1.29, 1.82) is 0 Å². The lowest BCUT2D eigenvalue weighted by Crippen LogP contribution is -2.55. The van der Waals surface area contributed by atoms with Crippen LogP contribution in [0.25, 0.3) is 0 Å². The molecule has 1 N–H and O–H groups in total. The molecule has 2 aromatic carbocycles. The summed E-state index contributed by atoms with van der Waals surface area (Å²) >= 11 is 6.09. The average Bonchev–Trinajstić information content (AvgIpc) is 3.15.